The van der Waals surface area contributed by atoms with Crippen molar-refractivity contribution < 1.29 is 9.84 Å². The molecule has 0 unspecified atom stereocenters. The first-order valence-electron chi connectivity index (χ1n) is 6.05. The third-order valence-corrected chi connectivity index (χ3v) is 4.26. The number of halogens is 2. The summed E-state index contributed by atoms with van der Waals surface area (Å²) in [4.78, 5) is 0. The largest absolute Gasteiger partial charge is 0.508 e. The second kappa shape index (κ2) is 6.78. The highest BCUT2D eigenvalue weighted by Crippen LogP contribution is 2.33. The Hall–Kier alpha value is -0.500. The van der Waals surface area contributed by atoms with Crippen LogP contribution in [0.1, 0.15) is 18.9 Å². The molecule has 0 aliphatic carbocycles. The van der Waals surface area contributed by atoms with Crippen LogP contribution >= 0.6 is 45.2 Å². The molecule has 0 fully saturated rings. The Bertz CT molecular complexity index is 542. The molecule has 2 rings (SSSR count). The number of aryl methyl sites for hydroxylation is 1. The number of benzene rings is 2. The van der Waals surface area contributed by atoms with E-state index in [1.807, 2.05) is 0 Å². The molecule has 0 saturated heterocycles. The van der Waals surface area contributed by atoms with Gasteiger partial charge in [-0.1, -0.05) is 13.3 Å². The number of phenolic OH excluding ortho intramolecular Hbond substituents is 1. The van der Waals surface area contributed by atoms with Gasteiger partial charge in [0.25, 0.3) is 0 Å². The zero-order valence-corrected chi connectivity index (χ0v) is 14.8. The number of hydrogen-bond donors (Lipinski definition) is 1. The van der Waals surface area contributed by atoms with Gasteiger partial charge in [-0.25, -0.2) is 0 Å². The van der Waals surface area contributed by atoms with Gasteiger partial charge in [-0.3, -0.25) is 0 Å². The lowest BCUT2D eigenvalue weighted by Gasteiger charge is -2.12. The molecule has 19 heavy (non-hydrogen) atoms. The molecule has 0 aromatic heterocycles. The summed E-state index contributed by atoms with van der Waals surface area (Å²) in [6, 6.07) is 11.1. The Balaban J connectivity index is 2.27. The minimum atomic E-state index is 0.245. The Morgan fingerprint density at radius 1 is 1.05 bits per heavy atom. The van der Waals surface area contributed by atoms with Gasteiger partial charge in [0.2, 0.25) is 0 Å². The summed E-state index contributed by atoms with van der Waals surface area (Å²) < 4.78 is 8.13. The maximum Gasteiger partial charge on any atom is 0.154 e. The van der Waals surface area contributed by atoms with Gasteiger partial charge in [0.15, 0.2) is 5.75 Å². The molecule has 2 nitrogen and oxygen atoms in total. The van der Waals surface area contributed by atoms with Gasteiger partial charge in [0.05, 0.1) is 7.14 Å². The summed E-state index contributed by atoms with van der Waals surface area (Å²) in [6.45, 7) is 2.18. The van der Waals surface area contributed by atoms with Gasteiger partial charge in [-0.2, -0.15) is 0 Å². The molecular weight excluding hydrogens is 466 g/mol. The van der Waals surface area contributed by atoms with E-state index >= 15 is 0 Å². The molecule has 2 aromatic carbocycles. The average Bonchev–Trinajstić information content (AvgIpc) is 2.36. The maximum absolute atomic E-state index is 9.27. The average molecular weight is 480 g/mol. The first kappa shape index (κ1) is 14.9. The Labute approximate surface area is 140 Å². The van der Waals surface area contributed by atoms with E-state index in [2.05, 4.69) is 64.2 Å². The predicted octanol–water partition coefficient (Wildman–Crippen LogP) is 5.35. The normalized spacial score (nSPS) is 10.5. The fourth-order valence-corrected chi connectivity index (χ4v) is 3.89. The van der Waals surface area contributed by atoms with Crippen LogP contribution in [0, 0.1) is 7.14 Å². The van der Waals surface area contributed by atoms with Crippen LogP contribution in [-0.2, 0) is 6.42 Å². The van der Waals surface area contributed by atoms with Gasteiger partial charge in [-0.15, -0.1) is 0 Å². The van der Waals surface area contributed by atoms with Crippen molar-refractivity contribution in [1.82, 2.24) is 0 Å². The predicted molar refractivity (Wildman–Crippen MR) is 94.1 cm³/mol. The highest BCUT2D eigenvalue weighted by molar-refractivity contribution is 14.1. The summed E-state index contributed by atoms with van der Waals surface area (Å²) in [6.07, 6.45) is 2.23. The standard InChI is InChI=1S/C15H14I2O2/c1-2-3-10-8-13(16)15(14(17)9-10)19-12-6-4-11(18)5-7-12/h4-9,18H,2-3H2,1H3. The van der Waals surface area contributed by atoms with E-state index in [1.54, 1.807) is 24.3 Å². The first-order valence-corrected chi connectivity index (χ1v) is 8.20. The van der Waals surface area contributed by atoms with Crippen molar-refractivity contribution in [2.45, 2.75) is 19.8 Å². The Kier molecular flexibility index (Phi) is 5.32. The van der Waals surface area contributed by atoms with Crippen LogP contribution in [0.25, 0.3) is 0 Å². The topological polar surface area (TPSA) is 29.5 Å². The van der Waals surface area contributed by atoms with E-state index in [0.29, 0.717) is 0 Å². The molecule has 0 spiro atoms. The van der Waals surface area contributed by atoms with Crippen LogP contribution in [0.15, 0.2) is 36.4 Å². The van der Waals surface area contributed by atoms with E-state index in [0.717, 1.165) is 31.5 Å². The van der Waals surface area contributed by atoms with Crippen LogP contribution < -0.4 is 4.74 Å². The van der Waals surface area contributed by atoms with Crippen molar-refractivity contribution >= 4 is 45.2 Å². The molecule has 0 atom stereocenters. The third-order valence-electron chi connectivity index (χ3n) is 2.65. The van der Waals surface area contributed by atoms with Crippen molar-refractivity contribution in [2.75, 3.05) is 0 Å². The molecule has 0 heterocycles. The molecular formula is C15H14I2O2. The molecule has 0 radical (unpaired) electrons. The van der Waals surface area contributed by atoms with Gasteiger partial charge >= 0.3 is 0 Å². The van der Waals surface area contributed by atoms with Gasteiger partial charge < -0.3 is 9.84 Å². The number of aromatic hydroxyl groups is 1. The number of rotatable bonds is 4. The second-order valence-corrected chi connectivity index (χ2v) is 6.56. The third kappa shape index (κ3) is 3.98. The lowest BCUT2D eigenvalue weighted by molar-refractivity contribution is 0.461. The van der Waals surface area contributed by atoms with Crippen molar-refractivity contribution in [3.05, 3.63) is 49.1 Å². The quantitative estimate of drug-likeness (QED) is 0.599. The van der Waals surface area contributed by atoms with Gasteiger partial charge in [-0.05, 0) is 93.6 Å². The van der Waals surface area contributed by atoms with Gasteiger partial charge in [0, 0.05) is 0 Å². The molecule has 4 heteroatoms. The van der Waals surface area contributed by atoms with E-state index in [-0.39, 0.29) is 5.75 Å². The molecule has 100 valence electrons. The molecule has 0 saturated carbocycles. The first-order chi connectivity index (χ1) is 9.10. The number of phenols is 1. The SMILES string of the molecule is CCCc1cc(I)c(Oc2ccc(O)cc2)c(I)c1. The zero-order chi connectivity index (χ0) is 13.8. The molecule has 0 bridgehead atoms. The van der Waals surface area contributed by atoms with Crippen molar-refractivity contribution in [3.63, 3.8) is 0 Å². The summed E-state index contributed by atoms with van der Waals surface area (Å²) in [5.74, 6) is 1.86. The summed E-state index contributed by atoms with van der Waals surface area (Å²) in [5.41, 5.74) is 1.34. The van der Waals surface area contributed by atoms with Crippen LogP contribution in [0.5, 0.6) is 17.2 Å². The highest BCUT2D eigenvalue weighted by atomic mass is 127. The van der Waals surface area contributed by atoms with Crippen LogP contribution in [-0.4, -0.2) is 5.11 Å². The molecule has 0 aliphatic heterocycles. The number of hydrogen-bond acceptors (Lipinski definition) is 2. The van der Waals surface area contributed by atoms with Crippen LogP contribution in [0.3, 0.4) is 0 Å². The summed E-state index contributed by atoms with van der Waals surface area (Å²) in [5, 5.41) is 9.27. The van der Waals surface area contributed by atoms with Crippen molar-refractivity contribution in [1.29, 1.82) is 0 Å². The van der Waals surface area contributed by atoms with Crippen molar-refractivity contribution in [2.24, 2.45) is 0 Å². The molecule has 0 amide bonds. The summed E-state index contributed by atoms with van der Waals surface area (Å²) in [7, 11) is 0. The molecule has 2 aromatic rings. The van der Waals surface area contributed by atoms with Gasteiger partial charge in [0.1, 0.15) is 11.5 Å². The minimum Gasteiger partial charge on any atom is -0.508 e. The van der Waals surface area contributed by atoms with E-state index in [9.17, 15) is 5.11 Å². The van der Waals surface area contributed by atoms with Crippen LogP contribution in [0.2, 0.25) is 0 Å². The minimum absolute atomic E-state index is 0.245. The lowest BCUT2D eigenvalue weighted by Crippen LogP contribution is -1.94. The molecule has 1 N–H and O–H groups in total. The Morgan fingerprint density at radius 3 is 2.16 bits per heavy atom. The maximum atomic E-state index is 9.27. The fourth-order valence-electron chi connectivity index (χ4n) is 1.77. The smallest absolute Gasteiger partial charge is 0.154 e. The fraction of sp³-hybridized carbons (Fsp3) is 0.200. The van der Waals surface area contributed by atoms with E-state index < -0.39 is 0 Å². The highest BCUT2D eigenvalue weighted by Gasteiger charge is 2.10. The Morgan fingerprint density at radius 2 is 1.63 bits per heavy atom. The monoisotopic (exact) mass is 480 g/mol. The van der Waals surface area contributed by atoms with Crippen molar-refractivity contribution in [3.8, 4) is 17.2 Å². The lowest BCUT2D eigenvalue weighted by atomic mass is 10.1. The van der Waals surface area contributed by atoms with Crippen LogP contribution in [0.4, 0.5) is 0 Å². The van der Waals surface area contributed by atoms with E-state index in [1.165, 1.54) is 5.56 Å². The summed E-state index contributed by atoms with van der Waals surface area (Å²) >= 11 is 4.61. The molecule has 0 aliphatic rings. The van der Waals surface area contributed by atoms with E-state index in [4.69, 9.17) is 4.74 Å². The number of ether oxygens (including phenoxy) is 1. The second-order valence-electron chi connectivity index (χ2n) is 4.23. The zero-order valence-electron chi connectivity index (χ0n) is 10.5.